The molecule has 2 aromatic heterocycles. The molecule has 0 fully saturated rings. The third-order valence-electron chi connectivity index (χ3n) is 4.77. The van der Waals surface area contributed by atoms with Crippen LogP contribution in [0.25, 0.3) is 11.0 Å². The molecule has 2 aromatic carbocycles. The van der Waals surface area contributed by atoms with Crippen molar-refractivity contribution in [1.29, 1.82) is 0 Å². The van der Waals surface area contributed by atoms with Gasteiger partial charge in [-0.15, -0.1) is 0 Å². The van der Waals surface area contributed by atoms with E-state index >= 15 is 0 Å². The molecule has 180 valence electrons. The molecule has 0 aliphatic rings. The van der Waals surface area contributed by atoms with E-state index < -0.39 is 5.63 Å². The highest BCUT2D eigenvalue weighted by Crippen LogP contribution is 2.28. The smallest absolute Gasteiger partial charge is 0.339 e. The van der Waals surface area contributed by atoms with Gasteiger partial charge in [-0.1, -0.05) is 18.2 Å². The third-order valence-corrected chi connectivity index (χ3v) is 5.19. The number of hydrogen-bond donors (Lipinski definition) is 2. The van der Waals surface area contributed by atoms with Crippen LogP contribution in [0.4, 0.5) is 5.95 Å². The molecule has 0 spiro atoms. The molecule has 0 amide bonds. The minimum absolute atomic E-state index is 0.0795. The number of ether oxygens (including phenoxy) is 3. The van der Waals surface area contributed by atoms with E-state index in [1.807, 2.05) is 18.2 Å². The Morgan fingerprint density at radius 3 is 2.63 bits per heavy atom. The van der Waals surface area contributed by atoms with Crippen LogP contribution in [0.1, 0.15) is 5.56 Å². The fourth-order valence-electron chi connectivity index (χ4n) is 3.20. The average molecular weight is 514 g/mol. The molecule has 35 heavy (non-hydrogen) atoms. The highest BCUT2D eigenvalue weighted by atomic mass is 35.5. The van der Waals surface area contributed by atoms with Gasteiger partial charge in [0.05, 0.1) is 25.7 Å². The molecule has 0 bridgehead atoms. The molecule has 10 nitrogen and oxygen atoms in total. The largest absolute Gasteiger partial charge is 0.493 e. The van der Waals surface area contributed by atoms with E-state index in [4.69, 9.17) is 42.4 Å². The SMILES string of the molecule is COc1ccc(CCNC(=S)Nc2nc(Cl)nc(Oc3cc(=O)oc4ccccc34)n2)cc1OC. The van der Waals surface area contributed by atoms with Gasteiger partial charge in [-0.25, -0.2) is 4.79 Å². The summed E-state index contributed by atoms with van der Waals surface area (Å²) in [5.74, 6) is 1.62. The average Bonchev–Trinajstić information content (AvgIpc) is 2.83. The van der Waals surface area contributed by atoms with Crippen molar-refractivity contribution in [3.05, 3.63) is 69.8 Å². The van der Waals surface area contributed by atoms with Gasteiger partial charge in [0, 0.05) is 6.54 Å². The Hall–Kier alpha value is -3.96. The molecule has 4 aromatic rings. The predicted octanol–water partition coefficient (Wildman–Crippen LogP) is 3.97. The lowest BCUT2D eigenvalue weighted by Crippen LogP contribution is -2.31. The van der Waals surface area contributed by atoms with Gasteiger partial charge in [0.1, 0.15) is 11.3 Å². The third kappa shape index (κ3) is 6.14. The number of rotatable bonds is 8. The summed E-state index contributed by atoms with van der Waals surface area (Å²) in [4.78, 5) is 24.0. The lowest BCUT2D eigenvalue weighted by atomic mass is 10.1. The van der Waals surface area contributed by atoms with Crippen LogP contribution >= 0.6 is 23.8 Å². The zero-order valence-electron chi connectivity index (χ0n) is 18.7. The number of fused-ring (bicyclic) bond motifs is 1. The van der Waals surface area contributed by atoms with Crippen LogP contribution in [0.5, 0.6) is 23.3 Å². The Bertz CT molecular complexity index is 1430. The first kappa shape index (κ1) is 24.2. The van der Waals surface area contributed by atoms with Crippen molar-refractivity contribution in [3.63, 3.8) is 0 Å². The Kier molecular flexibility index (Phi) is 7.58. The zero-order chi connectivity index (χ0) is 24.8. The van der Waals surface area contributed by atoms with E-state index in [1.54, 1.807) is 38.5 Å². The van der Waals surface area contributed by atoms with E-state index in [1.165, 1.54) is 6.07 Å². The number of aromatic nitrogens is 3. The molecule has 0 radical (unpaired) electrons. The maximum absolute atomic E-state index is 11.9. The first-order valence-electron chi connectivity index (χ1n) is 10.3. The first-order chi connectivity index (χ1) is 16.9. The minimum atomic E-state index is -0.572. The van der Waals surface area contributed by atoms with E-state index in [2.05, 4.69) is 25.6 Å². The molecule has 0 unspecified atom stereocenters. The van der Waals surface area contributed by atoms with Gasteiger partial charge in [0.2, 0.25) is 11.2 Å². The molecule has 12 heteroatoms. The Morgan fingerprint density at radius 1 is 1.03 bits per heavy atom. The fourth-order valence-corrected chi connectivity index (χ4v) is 3.55. The van der Waals surface area contributed by atoms with Gasteiger partial charge in [-0.05, 0) is 60.1 Å². The highest BCUT2D eigenvalue weighted by Gasteiger charge is 2.13. The van der Waals surface area contributed by atoms with Crippen molar-refractivity contribution in [2.75, 3.05) is 26.1 Å². The van der Waals surface area contributed by atoms with Gasteiger partial charge in [0.25, 0.3) is 0 Å². The summed E-state index contributed by atoms with van der Waals surface area (Å²) in [5, 5.41) is 6.67. The number of nitrogens with one attached hydrogen (secondary N) is 2. The number of methoxy groups -OCH3 is 2. The van der Waals surface area contributed by atoms with Gasteiger partial charge in [0.15, 0.2) is 16.6 Å². The van der Waals surface area contributed by atoms with Crippen LogP contribution in [-0.4, -0.2) is 40.8 Å². The predicted molar refractivity (Wildman–Crippen MR) is 135 cm³/mol. The number of benzene rings is 2. The number of nitrogens with zero attached hydrogens (tertiary/aromatic N) is 3. The number of halogens is 1. The van der Waals surface area contributed by atoms with Crippen LogP contribution in [0.2, 0.25) is 5.28 Å². The standard InChI is InChI=1S/C23H20ClN5O5S/c1-31-16-8-7-13(11-18(16)32-2)9-10-25-23(35)29-21-26-20(24)27-22(28-21)34-17-12-19(30)33-15-6-4-3-5-14(15)17/h3-8,11-12H,9-10H2,1-2H3,(H2,25,26,27,28,29,35). The maximum atomic E-state index is 11.9. The molecule has 0 aliphatic carbocycles. The van der Waals surface area contributed by atoms with Crippen molar-refractivity contribution in [2.24, 2.45) is 0 Å². The monoisotopic (exact) mass is 513 g/mol. The van der Waals surface area contributed by atoms with E-state index in [9.17, 15) is 4.79 Å². The van der Waals surface area contributed by atoms with Gasteiger partial charge in [-0.3, -0.25) is 0 Å². The lowest BCUT2D eigenvalue weighted by Gasteiger charge is -2.12. The topological polar surface area (TPSA) is 121 Å². The lowest BCUT2D eigenvalue weighted by molar-refractivity contribution is 0.354. The van der Waals surface area contributed by atoms with Crippen molar-refractivity contribution >= 4 is 45.8 Å². The quantitative estimate of drug-likeness (QED) is 0.263. The van der Waals surface area contributed by atoms with Crippen molar-refractivity contribution < 1.29 is 18.6 Å². The summed E-state index contributed by atoms with van der Waals surface area (Å²) in [6.45, 7) is 0.537. The normalized spacial score (nSPS) is 10.6. The second kappa shape index (κ2) is 11.0. The van der Waals surface area contributed by atoms with Gasteiger partial charge < -0.3 is 29.3 Å². The second-order valence-electron chi connectivity index (χ2n) is 7.06. The van der Waals surface area contributed by atoms with Crippen LogP contribution in [0.3, 0.4) is 0 Å². The second-order valence-corrected chi connectivity index (χ2v) is 7.81. The van der Waals surface area contributed by atoms with Crippen LogP contribution in [0.15, 0.2) is 57.7 Å². The Balaban J connectivity index is 1.40. The zero-order valence-corrected chi connectivity index (χ0v) is 20.3. The van der Waals surface area contributed by atoms with Crippen LogP contribution in [0, 0.1) is 0 Å². The van der Waals surface area contributed by atoms with E-state index in [0.717, 1.165) is 5.56 Å². The van der Waals surface area contributed by atoms with Crippen molar-refractivity contribution in [3.8, 4) is 23.3 Å². The summed E-state index contributed by atoms with van der Waals surface area (Å²) in [7, 11) is 3.18. The molecule has 2 N–H and O–H groups in total. The summed E-state index contributed by atoms with van der Waals surface area (Å²) in [6.07, 6.45) is 0.679. The number of para-hydroxylation sites is 1. The summed E-state index contributed by atoms with van der Waals surface area (Å²) < 4.78 is 21.5. The van der Waals surface area contributed by atoms with Crippen LogP contribution < -0.4 is 30.5 Å². The Morgan fingerprint density at radius 2 is 1.83 bits per heavy atom. The number of hydrogen-bond acceptors (Lipinski definition) is 9. The van der Waals surface area contributed by atoms with Crippen molar-refractivity contribution in [2.45, 2.75) is 6.42 Å². The van der Waals surface area contributed by atoms with Crippen molar-refractivity contribution in [1.82, 2.24) is 20.3 Å². The molecular weight excluding hydrogens is 494 g/mol. The minimum Gasteiger partial charge on any atom is -0.493 e. The number of anilines is 1. The molecule has 2 heterocycles. The summed E-state index contributed by atoms with van der Waals surface area (Å²) >= 11 is 11.4. The van der Waals surface area contributed by atoms with Gasteiger partial charge in [-0.2, -0.15) is 15.0 Å². The molecule has 0 atom stereocenters. The number of thiocarbonyl (C=S) groups is 1. The highest BCUT2D eigenvalue weighted by molar-refractivity contribution is 7.80. The summed E-state index contributed by atoms with van der Waals surface area (Å²) in [5.41, 5.74) is 0.835. The van der Waals surface area contributed by atoms with Crippen LogP contribution in [-0.2, 0) is 6.42 Å². The molecule has 0 saturated heterocycles. The first-order valence-corrected chi connectivity index (χ1v) is 11.1. The summed E-state index contributed by atoms with van der Waals surface area (Å²) in [6, 6.07) is 13.7. The maximum Gasteiger partial charge on any atom is 0.339 e. The molecule has 4 rings (SSSR count). The molecule has 0 aliphatic heterocycles. The fraction of sp³-hybridized carbons (Fsp3) is 0.174. The molecular formula is C23H20ClN5O5S. The molecule has 0 saturated carbocycles. The Labute approximate surface area is 210 Å². The van der Waals surface area contributed by atoms with E-state index in [-0.39, 0.29) is 28.1 Å². The van der Waals surface area contributed by atoms with E-state index in [0.29, 0.717) is 35.4 Å². The van der Waals surface area contributed by atoms with Gasteiger partial charge >= 0.3 is 11.6 Å².